The number of unbranched alkanes of at least 4 members (excludes halogenated alkanes) is 51. The lowest BCUT2D eigenvalue weighted by molar-refractivity contribution is -0.161. The SMILES string of the molecule is CCCCCCCCCCCCCCCCCCCCCCCCC(=O)O[C@H](COC(=O)CCCCCCCCCCCC(C)C)COP(=O)(O)OC[C@@H](O)COP(=O)(O)OC[C@@H](COC(=O)CCCCCCCCCCCCCC)OC(=O)CCCCCCCCCCCCCC. The van der Waals surface area contributed by atoms with E-state index in [1.165, 1.54) is 244 Å². The van der Waals surface area contributed by atoms with Gasteiger partial charge in [0, 0.05) is 25.7 Å². The molecular formula is C79H154O17P2. The van der Waals surface area contributed by atoms with E-state index in [1.807, 2.05) is 0 Å². The van der Waals surface area contributed by atoms with Crippen molar-refractivity contribution in [3.05, 3.63) is 0 Å². The first-order valence-electron chi connectivity index (χ1n) is 41.1. The predicted molar refractivity (Wildman–Crippen MR) is 400 cm³/mol. The number of carbonyl (C=O) groups excluding carboxylic acids is 4. The molecule has 0 bridgehead atoms. The Hall–Kier alpha value is -1.94. The normalized spacial score (nSPS) is 13.9. The van der Waals surface area contributed by atoms with Crippen molar-refractivity contribution in [3.8, 4) is 0 Å². The van der Waals surface area contributed by atoms with E-state index >= 15 is 0 Å². The van der Waals surface area contributed by atoms with Crippen LogP contribution in [-0.4, -0.2) is 96.7 Å². The van der Waals surface area contributed by atoms with E-state index < -0.39 is 97.5 Å². The number of phosphoric ester groups is 2. The van der Waals surface area contributed by atoms with Crippen LogP contribution in [0.5, 0.6) is 0 Å². The lowest BCUT2D eigenvalue weighted by Gasteiger charge is -2.21. The number of hydrogen-bond acceptors (Lipinski definition) is 15. The van der Waals surface area contributed by atoms with Crippen LogP contribution in [0.1, 0.15) is 420 Å². The van der Waals surface area contributed by atoms with Crippen LogP contribution < -0.4 is 0 Å². The van der Waals surface area contributed by atoms with E-state index in [1.54, 1.807) is 0 Å². The number of esters is 4. The van der Waals surface area contributed by atoms with E-state index in [0.717, 1.165) is 95.8 Å². The van der Waals surface area contributed by atoms with E-state index in [-0.39, 0.29) is 25.7 Å². The van der Waals surface area contributed by atoms with Crippen molar-refractivity contribution in [2.75, 3.05) is 39.6 Å². The average molecular weight is 1440 g/mol. The minimum atomic E-state index is -4.96. The van der Waals surface area contributed by atoms with Gasteiger partial charge in [-0.1, -0.05) is 369 Å². The van der Waals surface area contributed by atoms with E-state index in [9.17, 15) is 43.2 Å². The van der Waals surface area contributed by atoms with Gasteiger partial charge in [-0.05, 0) is 31.6 Å². The standard InChI is InChI=1S/C79H154O17P2/c1-6-9-12-15-18-21-24-27-28-29-30-31-32-33-34-35-36-39-44-50-55-60-65-79(84)96-75(69-90-77(82)63-58-53-48-45-40-41-46-51-56-61-72(4)5)71-94-98(87,88)92-67-73(80)66-91-97(85,86)93-70-74(95-78(83)64-59-54-49-43-38-26-23-20-17-14-11-8-3)68-89-76(81)62-57-52-47-42-37-25-22-19-16-13-10-7-2/h72-75,80H,6-71H2,1-5H3,(H,85,86)(H,87,88)/t73-,74+,75+/m0/s1. The summed E-state index contributed by atoms with van der Waals surface area (Å²) >= 11 is 0. The monoisotopic (exact) mass is 1440 g/mol. The van der Waals surface area contributed by atoms with Crippen molar-refractivity contribution in [1.82, 2.24) is 0 Å². The Kier molecular flexibility index (Phi) is 70.6. The van der Waals surface area contributed by atoms with Crippen LogP contribution >= 0.6 is 15.6 Å². The van der Waals surface area contributed by atoms with Gasteiger partial charge in [0.25, 0.3) is 0 Å². The van der Waals surface area contributed by atoms with E-state index in [4.69, 9.17) is 37.0 Å². The molecule has 0 heterocycles. The second-order valence-electron chi connectivity index (χ2n) is 28.9. The summed E-state index contributed by atoms with van der Waals surface area (Å²) in [7, 11) is -9.91. The van der Waals surface area contributed by atoms with Gasteiger partial charge in [0.15, 0.2) is 12.2 Å². The third kappa shape index (κ3) is 72.4. The largest absolute Gasteiger partial charge is 0.472 e. The highest BCUT2D eigenvalue weighted by Crippen LogP contribution is 2.45. The van der Waals surface area contributed by atoms with Gasteiger partial charge in [0.1, 0.15) is 19.3 Å². The molecule has 0 aromatic rings. The van der Waals surface area contributed by atoms with Gasteiger partial charge in [0.2, 0.25) is 0 Å². The molecule has 19 heteroatoms. The zero-order valence-corrected chi connectivity index (χ0v) is 65.7. The number of ether oxygens (including phenoxy) is 4. The van der Waals surface area contributed by atoms with Crippen molar-refractivity contribution in [1.29, 1.82) is 0 Å². The molecule has 5 atom stereocenters. The topological polar surface area (TPSA) is 237 Å². The molecule has 582 valence electrons. The number of aliphatic hydroxyl groups excluding tert-OH is 1. The van der Waals surface area contributed by atoms with Crippen molar-refractivity contribution in [2.45, 2.75) is 438 Å². The lowest BCUT2D eigenvalue weighted by Crippen LogP contribution is -2.30. The third-order valence-electron chi connectivity index (χ3n) is 18.5. The number of aliphatic hydroxyl groups is 1. The second-order valence-corrected chi connectivity index (χ2v) is 31.8. The van der Waals surface area contributed by atoms with Crippen molar-refractivity contribution < 1.29 is 80.2 Å². The fourth-order valence-corrected chi connectivity index (χ4v) is 13.8. The molecule has 0 aromatic carbocycles. The minimum absolute atomic E-state index is 0.108. The van der Waals surface area contributed by atoms with Crippen molar-refractivity contribution >= 4 is 39.5 Å². The van der Waals surface area contributed by atoms with Crippen LogP contribution in [0.25, 0.3) is 0 Å². The molecule has 0 aliphatic heterocycles. The maximum atomic E-state index is 13.1. The van der Waals surface area contributed by atoms with Gasteiger partial charge in [-0.2, -0.15) is 0 Å². The molecule has 98 heavy (non-hydrogen) atoms. The summed E-state index contributed by atoms with van der Waals surface area (Å²) in [6.07, 6.45) is 62.5. The molecule has 0 aliphatic carbocycles. The number of rotatable bonds is 79. The summed E-state index contributed by atoms with van der Waals surface area (Å²) < 4.78 is 68.6. The maximum absolute atomic E-state index is 13.1. The zero-order valence-electron chi connectivity index (χ0n) is 63.9. The number of carbonyl (C=O) groups is 4. The lowest BCUT2D eigenvalue weighted by atomic mass is 10.0. The van der Waals surface area contributed by atoms with Gasteiger partial charge in [-0.3, -0.25) is 37.3 Å². The Morgan fingerprint density at radius 1 is 0.276 bits per heavy atom. The molecule has 0 radical (unpaired) electrons. The molecule has 0 spiro atoms. The highest BCUT2D eigenvalue weighted by atomic mass is 31.2. The van der Waals surface area contributed by atoms with Gasteiger partial charge in [-0.25, -0.2) is 9.13 Å². The van der Waals surface area contributed by atoms with E-state index in [0.29, 0.717) is 25.7 Å². The Balaban J connectivity index is 5.19. The molecule has 0 saturated carbocycles. The molecule has 17 nitrogen and oxygen atoms in total. The molecule has 0 aromatic heterocycles. The summed E-state index contributed by atoms with van der Waals surface area (Å²) in [5, 5.41) is 10.6. The first-order valence-corrected chi connectivity index (χ1v) is 44.1. The van der Waals surface area contributed by atoms with Crippen LogP contribution in [0.4, 0.5) is 0 Å². The summed E-state index contributed by atoms with van der Waals surface area (Å²) in [6, 6.07) is 0. The van der Waals surface area contributed by atoms with Crippen molar-refractivity contribution in [2.24, 2.45) is 5.92 Å². The van der Waals surface area contributed by atoms with Crippen LogP contribution in [0.2, 0.25) is 0 Å². The molecular weight excluding hydrogens is 1280 g/mol. The predicted octanol–water partition coefficient (Wildman–Crippen LogP) is 23.6. The van der Waals surface area contributed by atoms with Crippen LogP contribution in [0.15, 0.2) is 0 Å². The molecule has 0 fully saturated rings. The number of hydrogen-bond donors (Lipinski definition) is 3. The van der Waals surface area contributed by atoms with Crippen LogP contribution in [0, 0.1) is 5.92 Å². The maximum Gasteiger partial charge on any atom is 0.472 e. The zero-order chi connectivity index (χ0) is 71.9. The average Bonchev–Trinajstić information content (AvgIpc) is 2.29. The van der Waals surface area contributed by atoms with Gasteiger partial charge < -0.3 is 33.8 Å². The molecule has 0 amide bonds. The first kappa shape index (κ1) is 96.1. The molecule has 0 saturated heterocycles. The fraction of sp³-hybridized carbons (Fsp3) is 0.949. The Labute approximate surface area is 600 Å². The highest BCUT2D eigenvalue weighted by molar-refractivity contribution is 7.47. The number of phosphoric acid groups is 2. The van der Waals surface area contributed by atoms with Gasteiger partial charge >= 0.3 is 39.5 Å². The molecule has 3 N–H and O–H groups in total. The van der Waals surface area contributed by atoms with Crippen LogP contribution in [-0.2, 0) is 65.4 Å². The van der Waals surface area contributed by atoms with Crippen molar-refractivity contribution in [3.63, 3.8) is 0 Å². The van der Waals surface area contributed by atoms with Gasteiger partial charge in [-0.15, -0.1) is 0 Å². The summed E-state index contributed by atoms with van der Waals surface area (Å²) in [6.45, 7) is 7.29. The Morgan fingerprint density at radius 2 is 0.469 bits per heavy atom. The molecule has 0 rings (SSSR count). The van der Waals surface area contributed by atoms with E-state index in [2.05, 4.69) is 34.6 Å². The molecule has 0 aliphatic rings. The minimum Gasteiger partial charge on any atom is -0.462 e. The summed E-state index contributed by atoms with van der Waals surface area (Å²) in [5.41, 5.74) is 0. The highest BCUT2D eigenvalue weighted by Gasteiger charge is 2.30. The first-order chi connectivity index (χ1) is 47.5. The molecule has 2 unspecified atom stereocenters. The smallest absolute Gasteiger partial charge is 0.462 e. The second kappa shape index (κ2) is 72.0. The third-order valence-corrected chi connectivity index (χ3v) is 20.4. The quantitative estimate of drug-likeness (QED) is 0.0222. The Morgan fingerprint density at radius 3 is 0.694 bits per heavy atom. The summed E-state index contributed by atoms with van der Waals surface area (Å²) in [5.74, 6) is -1.37. The fourth-order valence-electron chi connectivity index (χ4n) is 12.2. The van der Waals surface area contributed by atoms with Gasteiger partial charge in [0.05, 0.1) is 26.4 Å². The Bertz CT molecular complexity index is 1870. The van der Waals surface area contributed by atoms with Crippen LogP contribution in [0.3, 0.4) is 0 Å². The summed E-state index contributed by atoms with van der Waals surface area (Å²) in [4.78, 5) is 72.9.